The molecule has 2 N–H and O–H groups in total. The Labute approximate surface area is 154 Å². The van der Waals surface area contributed by atoms with Crippen molar-refractivity contribution >= 4 is 32.5 Å². The average molecular weight is 383 g/mol. The molecule has 0 aliphatic rings. The topological polar surface area (TPSA) is 84.0 Å². The first-order chi connectivity index (χ1) is 12.9. The van der Waals surface area contributed by atoms with Crippen molar-refractivity contribution in [3.05, 3.63) is 84.6 Å². The van der Waals surface area contributed by atoms with Gasteiger partial charge in [-0.2, -0.15) is 0 Å². The first-order valence-electron chi connectivity index (χ1n) is 8.01. The number of carbonyl (C=O) groups is 1. The highest BCUT2D eigenvalue weighted by Gasteiger charge is 2.19. The van der Waals surface area contributed by atoms with E-state index in [1.807, 2.05) is 0 Å². The zero-order valence-corrected chi connectivity index (χ0v) is 14.7. The van der Waals surface area contributed by atoms with Crippen LogP contribution in [0.25, 0.3) is 10.9 Å². The van der Waals surface area contributed by atoms with Crippen LogP contribution < -0.4 is 5.32 Å². The number of rotatable bonds is 4. The third-order valence-corrected chi connectivity index (χ3v) is 5.74. The van der Waals surface area contributed by atoms with E-state index in [1.165, 1.54) is 42.7 Å². The van der Waals surface area contributed by atoms with Gasteiger partial charge in [0.05, 0.1) is 10.5 Å². The van der Waals surface area contributed by atoms with Crippen LogP contribution in [0, 0.1) is 5.82 Å². The third kappa shape index (κ3) is 3.22. The summed E-state index contributed by atoms with van der Waals surface area (Å²) >= 11 is 0. The molecule has 0 spiro atoms. The number of hydrogen-bond donors (Lipinski definition) is 2. The smallest absolute Gasteiger partial charge is 0.267 e. The molecule has 0 aliphatic heterocycles. The molecule has 0 fully saturated rings. The second kappa shape index (κ2) is 6.40. The Morgan fingerprint density at radius 1 is 1.07 bits per heavy atom. The van der Waals surface area contributed by atoms with Gasteiger partial charge in [-0.25, -0.2) is 16.8 Å². The fraction of sp³-hybridized carbons (Fsp3) is 0. The molecule has 0 aliphatic carbocycles. The molecule has 0 saturated carbocycles. The summed E-state index contributed by atoms with van der Waals surface area (Å²) < 4.78 is 39.8. The lowest BCUT2D eigenvalue weighted by atomic mass is 10.2. The first kappa shape index (κ1) is 17.0. The molecule has 136 valence electrons. The second-order valence-electron chi connectivity index (χ2n) is 5.93. The predicted octanol–water partition coefficient (Wildman–Crippen LogP) is 3.60. The molecule has 0 saturated heterocycles. The van der Waals surface area contributed by atoms with Crippen LogP contribution >= 0.6 is 0 Å². The third-order valence-electron chi connectivity index (χ3n) is 4.11. The van der Waals surface area contributed by atoms with Gasteiger partial charge < -0.3 is 10.3 Å². The van der Waals surface area contributed by atoms with Crippen LogP contribution in [0.5, 0.6) is 0 Å². The Bertz CT molecular complexity index is 1260. The number of amides is 1. The maximum absolute atomic E-state index is 13.2. The molecule has 4 aromatic rings. The van der Waals surface area contributed by atoms with E-state index in [-0.39, 0.29) is 16.1 Å². The van der Waals surface area contributed by atoms with Gasteiger partial charge in [-0.3, -0.25) is 4.79 Å². The van der Waals surface area contributed by atoms with Gasteiger partial charge in [-0.05, 0) is 48.5 Å². The number of fused-ring (bicyclic) bond motifs is 1. The first-order valence-corrected chi connectivity index (χ1v) is 9.45. The van der Waals surface area contributed by atoms with Crippen molar-refractivity contribution in [2.24, 2.45) is 0 Å². The van der Waals surface area contributed by atoms with Crippen LogP contribution in [0.15, 0.2) is 78.1 Å². The summed E-state index contributed by atoms with van der Waals surface area (Å²) in [5, 5.41) is 3.30. The quantitative estimate of drug-likeness (QED) is 0.565. The van der Waals surface area contributed by atoms with Gasteiger partial charge >= 0.3 is 0 Å². The van der Waals surface area contributed by atoms with E-state index >= 15 is 0 Å². The SMILES string of the molecule is O=C(Nc1cccc(F)c1)c1ccn(S(=O)(=O)c2ccc3[nH]ccc3c2)c1. The number of anilines is 1. The molecular weight excluding hydrogens is 369 g/mol. The Kier molecular flexibility index (Phi) is 4.04. The zero-order chi connectivity index (χ0) is 19.0. The normalized spacial score (nSPS) is 11.6. The largest absolute Gasteiger partial charge is 0.361 e. The van der Waals surface area contributed by atoms with Crippen molar-refractivity contribution in [3.8, 4) is 0 Å². The monoisotopic (exact) mass is 383 g/mol. The standard InChI is InChI=1S/C19H14FN3O3S/c20-15-2-1-3-16(11-15)22-19(24)14-7-9-23(12-14)27(25,26)17-4-5-18-13(10-17)6-8-21-18/h1-12,21H,(H,22,24). The van der Waals surface area contributed by atoms with E-state index in [0.29, 0.717) is 0 Å². The van der Waals surface area contributed by atoms with Gasteiger partial charge in [0, 0.05) is 35.2 Å². The highest BCUT2D eigenvalue weighted by Crippen LogP contribution is 2.21. The minimum atomic E-state index is -3.84. The number of carbonyl (C=O) groups excluding carboxylic acids is 1. The van der Waals surface area contributed by atoms with E-state index in [4.69, 9.17) is 0 Å². The summed E-state index contributed by atoms with van der Waals surface area (Å²) in [5.74, 6) is -1.01. The van der Waals surface area contributed by atoms with E-state index in [0.717, 1.165) is 14.9 Å². The molecule has 0 radical (unpaired) electrons. The number of nitrogens with zero attached hydrogens (tertiary/aromatic N) is 1. The number of halogens is 1. The number of aromatic nitrogens is 2. The fourth-order valence-corrected chi connectivity index (χ4v) is 3.98. The lowest BCUT2D eigenvalue weighted by molar-refractivity contribution is 0.102. The summed E-state index contributed by atoms with van der Waals surface area (Å²) in [4.78, 5) is 15.4. The second-order valence-corrected chi connectivity index (χ2v) is 7.77. The van der Waals surface area contributed by atoms with Crippen molar-refractivity contribution in [1.29, 1.82) is 0 Å². The van der Waals surface area contributed by atoms with Crippen molar-refractivity contribution in [3.63, 3.8) is 0 Å². The molecule has 27 heavy (non-hydrogen) atoms. The minimum Gasteiger partial charge on any atom is -0.361 e. The highest BCUT2D eigenvalue weighted by atomic mass is 32.2. The zero-order valence-electron chi connectivity index (χ0n) is 13.9. The minimum absolute atomic E-state index is 0.113. The number of hydrogen-bond acceptors (Lipinski definition) is 3. The van der Waals surface area contributed by atoms with Gasteiger partial charge in [0.25, 0.3) is 15.9 Å². The van der Waals surface area contributed by atoms with E-state index in [2.05, 4.69) is 10.3 Å². The summed E-state index contributed by atoms with van der Waals surface area (Å²) in [7, 11) is -3.84. The van der Waals surface area contributed by atoms with Crippen LogP contribution in [-0.2, 0) is 10.0 Å². The van der Waals surface area contributed by atoms with Crippen LogP contribution in [0.3, 0.4) is 0 Å². The average Bonchev–Trinajstić information content (AvgIpc) is 3.31. The summed E-state index contributed by atoms with van der Waals surface area (Å²) in [6.45, 7) is 0. The van der Waals surface area contributed by atoms with E-state index in [1.54, 1.807) is 30.5 Å². The molecule has 6 nitrogen and oxygen atoms in total. The number of H-pyrrole nitrogens is 1. The van der Waals surface area contributed by atoms with E-state index < -0.39 is 21.7 Å². The van der Waals surface area contributed by atoms with Gasteiger partial charge in [0.1, 0.15) is 5.82 Å². The molecule has 2 aromatic heterocycles. The summed E-state index contributed by atoms with van der Waals surface area (Å²) in [5.41, 5.74) is 1.26. The van der Waals surface area contributed by atoms with Crippen molar-refractivity contribution in [2.45, 2.75) is 4.90 Å². The van der Waals surface area contributed by atoms with Crippen LogP contribution in [-0.4, -0.2) is 23.3 Å². The molecule has 2 heterocycles. The van der Waals surface area contributed by atoms with Gasteiger partial charge in [0.2, 0.25) is 0 Å². The van der Waals surface area contributed by atoms with Crippen LogP contribution in [0.1, 0.15) is 10.4 Å². The molecule has 2 aromatic carbocycles. The molecule has 0 bridgehead atoms. The lowest BCUT2D eigenvalue weighted by Crippen LogP contribution is -2.13. The van der Waals surface area contributed by atoms with Gasteiger partial charge in [-0.15, -0.1) is 0 Å². The Morgan fingerprint density at radius 2 is 1.93 bits per heavy atom. The summed E-state index contributed by atoms with van der Waals surface area (Å²) in [6, 6.07) is 13.4. The highest BCUT2D eigenvalue weighted by molar-refractivity contribution is 7.90. The summed E-state index contributed by atoms with van der Waals surface area (Å²) in [6.07, 6.45) is 4.26. The number of benzene rings is 2. The number of nitrogens with one attached hydrogen (secondary N) is 2. The molecular formula is C19H14FN3O3S. The van der Waals surface area contributed by atoms with Crippen molar-refractivity contribution < 1.29 is 17.6 Å². The van der Waals surface area contributed by atoms with Gasteiger partial charge in [0.15, 0.2) is 0 Å². The van der Waals surface area contributed by atoms with Crippen molar-refractivity contribution in [1.82, 2.24) is 8.96 Å². The maximum atomic E-state index is 13.2. The molecule has 0 unspecified atom stereocenters. The predicted molar refractivity (Wildman–Crippen MR) is 99.7 cm³/mol. The van der Waals surface area contributed by atoms with Crippen molar-refractivity contribution in [2.75, 3.05) is 5.32 Å². The Balaban J connectivity index is 1.61. The fourth-order valence-electron chi connectivity index (χ4n) is 2.74. The lowest BCUT2D eigenvalue weighted by Gasteiger charge is -2.06. The van der Waals surface area contributed by atoms with Gasteiger partial charge in [-0.1, -0.05) is 6.07 Å². The molecule has 8 heteroatoms. The number of aromatic amines is 1. The van der Waals surface area contributed by atoms with E-state index in [9.17, 15) is 17.6 Å². The molecule has 1 amide bonds. The maximum Gasteiger partial charge on any atom is 0.267 e. The van der Waals surface area contributed by atoms with Crippen LogP contribution in [0.2, 0.25) is 0 Å². The Hall–Kier alpha value is -3.39. The molecule has 4 rings (SSSR count). The Morgan fingerprint density at radius 3 is 2.74 bits per heavy atom. The van der Waals surface area contributed by atoms with Crippen LogP contribution in [0.4, 0.5) is 10.1 Å². The molecule has 0 atom stereocenters.